The average Bonchev–Trinajstić information content (AvgIpc) is 2.55. The third-order valence-corrected chi connectivity index (χ3v) is 4.75. The molecule has 0 saturated heterocycles. The van der Waals surface area contributed by atoms with Gasteiger partial charge in [-0.15, -0.1) is 0 Å². The van der Waals surface area contributed by atoms with Crippen LogP contribution in [-0.2, 0) is 21.2 Å². The lowest BCUT2D eigenvalue weighted by Crippen LogP contribution is -2.28. The molecule has 1 aliphatic rings. The summed E-state index contributed by atoms with van der Waals surface area (Å²) in [6.45, 7) is 0.167. The predicted octanol–water partition coefficient (Wildman–Crippen LogP) is 0.933. The van der Waals surface area contributed by atoms with Gasteiger partial charge in [-0.05, 0) is 30.3 Å². The van der Waals surface area contributed by atoms with E-state index in [1.807, 2.05) is 12.1 Å². The third-order valence-electron chi connectivity index (χ3n) is 3.29. The molecule has 2 N–H and O–H groups in total. The van der Waals surface area contributed by atoms with E-state index in [-0.39, 0.29) is 24.0 Å². The number of carbonyl (C=O) groups is 1. The van der Waals surface area contributed by atoms with Crippen LogP contribution in [0.2, 0.25) is 0 Å². The van der Waals surface area contributed by atoms with Crippen molar-refractivity contribution in [3.8, 4) is 5.75 Å². The van der Waals surface area contributed by atoms with Crippen LogP contribution in [0, 0.1) is 0 Å². The standard InChI is InChI=1S/C15H15N3O4S/c19-15-10-22-14-5-4-12(9-13(14)18-15)23(20,21)17-8-6-11-3-1-2-7-16-11/h1-5,7,9,17H,6,8,10H2,(H,18,19). The second-order valence-electron chi connectivity index (χ2n) is 4.96. The number of fused-ring (bicyclic) bond motifs is 1. The van der Waals surface area contributed by atoms with E-state index < -0.39 is 10.0 Å². The van der Waals surface area contributed by atoms with E-state index in [0.717, 1.165) is 5.69 Å². The van der Waals surface area contributed by atoms with Crippen LogP contribution in [0.15, 0.2) is 47.5 Å². The number of rotatable bonds is 5. The van der Waals surface area contributed by atoms with Gasteiger partial charge in [0, 0.05) is 24.9 Å². The Morgan fingerprint density at radius 2 is 2.13 bits per heavy atom. The molecule has 2 heterocycles. The summed E-state index contributed by atoms with van der Waals surface area (Å²) in [7, 11) is -3.67. The number of nitrogens with zero attached hydrogens (tertiary/aromatic N) is 1. The molecule has 1 amide bonds. The highest BCUT2D eigenvalue weighted by Gasteiger charge is 2.20. The van der Waals surface area contributed by atoms with Gasteiger partial charge in [0.25, 0.3) is 5.91 Å². The monoisotopic (exact) mass is 333 g/mol. The summed E-state index contributed by atoms with van der Waals surface area (Å²) >= 11 is 0. The summed E-state index contributed by atoms with van der Waals surface area (Å²) in [5.74, 6) is 0.146. The molecule has 0 saturated carbocycles. The Morgan fingerprint density at radius 3 is 2.91 bits per heavy atom. The minimum Gasteiger partial charge on any atom is -0.482 e. The number of aromatic nitrogens is 1. The SMILES string of the molecule is O=C1COc2ccc(S(=O)(=O)NCCc3ccccn3)cc2N1. The smallest absolute Gasteiger partial charge is 0.262 e. The summed E-state index contributed by atoms with van der Waals surface area (Å²) in [6, 6.07) is 9.84. The molecule has 1 aromatic carbocycles. The number of benzene rings is 1. The first-order chi connectivity index (χ1) is 11.0. The molecule has 0 radical (unpaired) electrons. The molecular weight excluding hydrogens is 318 g/mol. The maximum Gasteiger partial charge on any atom is 0.262 e. The molecule has 8 heteroatoms. The van der Waals surface area contributed by atoms with E-state index in [9.17, 15) is 13.2 Å². The molecule has 0 atom stereocenters. The summed E-state index contributed by atoms with van der Waals surface area (Å²) in [4.78, 5) is 15.5. The minimum atomic E-state index is -3.67. The van der Waals surface area contributed by atoms with Crippen LogP contribution in [-0.4, -0.2) is 32.5 Å². The number of anilines is 1. The zero-order valence-corrected chi connectivity index (χ0v) is 13.0. The van der Waals surface area contributed by atoms with Gasteiger partial charge in [-0.2, -0.15) is 0 Å². The van der Waals surface area contributed by atoms with Gasteiger partial charge in [0.15, 0.2) is 6.61 Å². The molecule has 120 valence electrons. The van der Waals surface area contributed by atoms with Gasteiger partial charge >= 0.3 is 0 Å². The molecule has 7 nitrogen and oxygen atoms in total. The van der Waals surface area contributed by atoms with Crippen molar-refractivity contribution >= 4 is 21.6 Å². The molecule has 23 heavy (non-hydrogen) atoms. The van der Waals surface area contributed by atoms with Gasteiger partial charge < -0.3 is 10.1 Å². The fraction of sp³-hybridized carbons (Fsp3) is 0.200. The van der Waals surface area contributed by atoms with E-state index >= 15 is 0 Å². The van der Waals surface area contributed by atoms with Crippen LogP contribution in [0.25, 0.3) is 0 Å². The maximum atomic E-state index is 12.3. The molecule has 1 aromatic heterocycles. The Labute approximate surface area is 133 Å². The first kappa shape index (κ1) is 15.4. The van der Waals surface area contributed by atoms with Crippen molar-refractivity contribution in [2.75, 3.05) is 18.5 Å². The van der Waals surface area contributed by atoms with Crippen molar-refractivity contribution in [1.29, 1.82) is 0 Å². The van der Waals surface area contributed by atoms with Crippen molar-refractivity contribution in [3.05, 3.63) is 48.3 Å². The Bertz CT molecular complexity index is 822. The van der Waals surface area contributed by atoms with Crippen molar-refractivity contribution in [3.63, 3.8) is 0 Å². The number of hydrogen-bond acceptors (Lipinski definition) is 5. The van der Waals surface area contributed by atoms with Gasteiger partial charge in [-0.25, -0.2) is 13.1 Å². The summed E-state index contributed by atoms with van der Waals surface area (Å²) in [6.07, 6.45) is 2.15. The normalized spacial score (nSPS) is 13.8. The van der Waals surface area contributed by atoms with Crippen LogP contribution in [0.4, 0.5) is 5.69 Å². The van der Waals surface area contributed by atoms with Crippen LogP contribution in [0.3, 0.4) is 0 Å². The number of hydrogen-bond donors (Lipinski definition) is 2. The fourth-order valence-electron chi connectivity index (χ4n) is 2.17. The quantitative estimate of drug-likeness (QED) is 0.848. The zero-order valence-electron chi connectivity index (χ0n) is 12.2. The highest BCUT2D eigenvalue weighted by atomic mass is 32.2. The average molecular weight is 333 g/mol. The van der Waals surface area contributed by atoms with Crippen LogP contribution >= 0.6 is 0 Å². The largest absolute Gasteiger partial charge is 0.482 e. The van der Waals surface area contributed by atoms with E-state index in [1.165, 1.54) is 18.2 Å². The van der Waals surface area contributed by atoms with Gasteiger partial charge in [-0.1, -0.05) is 6.07 Å². The summed E-state index contributed by atoms with van der Waals surface area (Å²) in [5.41, 5.74) is 1.16. The second kappa shape index (κ2) is 6.35. The topological polar surface area (TPSA) is 97.4 Å². The Balaban J connectivity index is 1.70. The van der Waals surface area contributed by atoms with Crippen LogP contribution < -0.4 is 14.8 Å². The Kier molecular flexibility index (Phi) is 4.26. The Hall–Kier alpha value is -2.45. The molecule has 0 spiro atoms. The lowest BCUT2D eigenvalue weighted by molar-refractivity contribution is -0.118. The number of carbonyl (C=O) groups excluding carboxylic acids is 1. The lowest BCUT2D eigenvalue weighted by Gasteiger charge is -2.18. The fourth-order valence-corrected chi connectivity index (χ4v) is 3.23. The van der Waals surface area contributed by atoms with Crippen LogP contribution in [0.1, 0.15) is 5.69 Å². The number of pyridine rings is 1. The molecule has 0 aliphatic carbocycles. The van der Waals surface area contributed by atoms with E-state index in [2.05, 4.69) is 15.0 Å². The van der Waals surface area contributed by atoms with Gasteiger partial charge in [-0.3, -0.25) is 9.78 Å². The number of amides is 1. The minimum absolute atomic E-state index is 0.0680. The van der Waals surface area contributed by atoms with Crippen molar-refractivity contribution in [2.45, 2.75) is 11.3 Å². The molecule has 0 bridgehead atoms. The second-order valence-corrected chi connectivity index (χ2v) is 6.73. The summed E-state index contributed by atoms with van der Waals surface area (Å²) < 4.78 is 32.3. The maximum absolute atomic E-state index is 12.3. The van der Waals surface area contributed by atoms with E-state index in [0.29, 0.717) is 17.9 Å². The summed E-state index contributed by atoms with van der Waals surface area (Å²) in [5, 5.41) is 2.59. The molecule has 0 fully saturated rings. The van der Waals surface area contributed by atoms with Crippen molar-refractivity contribution in [2.24, 2.45) is 0 Å². The first-order valence-corrected chi connectivity index (χ1v) is 8.49. The van der Waals surface area contributed by atoms with Gasteiger partial charge in [0.1, 0.15) is 5.75 Å². The Morgan fingerprint density at radius 1 is 1.26 bits per heavy atom. The number of sulfonamides is 1. The van der Waals surface area contributed by atoms with Crippen molar-refractivity contribution < 1.29 is 17.9 Å². The molecule has 3 rings (SSSR count). The number of ether oxygens (including phenoxy) is 1. The zero-order chi connectivity index (χ0) is 16.3. The van der Waals surface area contributed by atoms with Crippen LogP contribution in [0.5, 0.6) is 5.75 Å². The highest BCUT2D eigenvalue weighted by molar-refractivity contribution is 7.89. The molecule has 1 aliphatic heterocycles. The molecule has 0 unspecified atom stereocenters. The highest BCUT2D eigenvalue weighted by Crippen LogP contribution is 2.29. The predicted molar refractivity (Wildman–Crippen MR) is 83.7 cm³/mol. The first-order valence-electron chi connectivity index (χ1n) is 7.01. The van der Waals surface area contributed by atoms with Gasteiger partial charge in [0.05, 0.1) is 10.6 Å². The third kappa shape index (κ3) is 3.66. The molecular formula is C15H15N3O4S. The van der Waals surface area contributed by atoms with Gasteiger partial charge in [0.2, 0.25) is 10.0 Å². The van der Waals surface area contributed by atoms with Crippen molar-refractivity contribution in [1.82, 2.24) is 9.71 Å². The number of nitrogens with one attached hydrogen (secondary N) is 2. The molecule has 2 aromatic rings. The lowest BCUT2D eigenvalue weighted by atomic mass is 10.2. The van der Waals surface area contributed by atoms with E-state index in [1.54, 1.807) is 12.3 Å². The van der Waals surface area contributed by atoms with E-state index in [4.69, 9.17) is 4.74 Å².